The van der Waals surface area contributed by atoms with Crippen LogP contribution in [0.2, 0.25) is 0 Å². The van der Waals surface area contributed by atoms with Gasteiger partial charge in [-0.25, -0.2) is 0 Å². The lowest BCUT2D eigenvalue weighted by Gasteiger charge is -2.45. The van der Waals surface area contributed by atoms with E-state index in [4.69, 9.17) is 0 Å². The zero-order chi connectivity index (χ0) is 14.8. The Balaban J connectivity index is 1.69. The topological polar surface area (TPSA) is 79.3 Å². The quantitative estimate of drug-likeness (QED) is 0.886. The maximum atomic E-state index is 12.5. The molecule has 3 fully saturated rings. The lowest BCUT2D eigenvalue weighted by Crippen LogP contribution is -2.50. The Morgan fingerprint density at radius 3 is 2.24 bits per heavy atom. The highest BCUT2D eigenvalue weighted by Crippen LogP contribution is 2.49. The van der Waals surface area contributed by atoms with E-state index in [9.17, 15) is 14.7 Å². The third-order valence-electron chi connectivity index (χ3n) is 5.02. The summed E-state index contributed by atoms with van der Waals surface area (Å²) in [4.78, 5) is 28.0. The second-order valence-electron chi connectivity index (χ2n) is 6.14. The van der Waals surface area contributed by atoms with Crippen LogP contribution in [0.3, 0.4) is 0 Å². The molecule has 2 unspecified atom stereocenters. The molecule has 5 nitrogen and oxygen atoms in total. The molecule has 1 aromatic heterocycles. The predicted octanol–water partition coefficient (Wildman–Crippen LogP) is 1.83. The molecule has 1 aromatic rings. The lowest BCUT2D eigenvalue weighted by atomic mass is 9.58. The molecule has 2 bridgehead atoms. The van der Waals surface area contributed by atoms with Crippen LogP contribution in [0.5, 0.6) is 0 Å². The van der Waals surface area contributed by atoms with Crippen molar-refractivity contribution >= 4 is 11.9 Å². The highest BCUT2D eigenvalue weighted by molar-refractivity contribution is 5.85. The normalized spacial score (nSPS) is 30.9. The Morgan fingerprint density at radius 2 is 1.67 bits per heavy atom. The fourth-order valence-electron chi connectivity index (χ4n) is 3.99. The van der Waals surface area contributed by atoms with Crippen LogP contribution in [0.1, 0.15) is 31.2 Å². The van der Waals surface area contributed by atoms with Crippen LogP contribution >= 0.6 is 0 Å². The molecule has 2 N–H and O–H groups in total. The number of carbonyl (C=O) groups excluding carboxylic acids is 1. The van der Waals surface area contributed by atoms with Crippen LogP contribution in [-0.2, 0) is 16.1 Å². The summed E-state index contributed by atoms with van der Waals surface area (Å²) in [5, 5.41) is 12.4. The van der Waals surface area contributed by atoms with Crippen molar-refractivity contribution in [2.24, 2.45) is 23.7 Å². The summed E-state index contributed by atoms with van der Waals surface area (Å²) in [6.07, 6.45) is 7.25. The number of hydrogen-bond donors (Lipinski definition) is 2. The van der Waals surface area contributed by atoms with Gasteiger partial charge < -0.3 is 10.4 Å². The van der Waals surface area contributed by atoms with Gasteiger partial charge in [0.2, 0.25) is 5.91 Å². The number of pyridine rings is 1. The maximum Gasteiger partial charge on any atom is 0.307 e. The van der Waals surface area contributed by atoms with Crippen molar-refractivity contribution in [3.8, 4) is 0 Å². The highest BCUT2D eigenvalue weighted by atomic mass is 16.4. The minimum atomic E-state index is -0.812. The predicted molar refractivity (Wildman–Crippen MR) is 76.1 cm³/mol. The number of aromatic nitrogens is 1. The second-order valence-corrected chi connectivity index (χ2v) is 6.14. The van der Waals surface area contributed by atoms with E-state index in [1.54, 1.807) is 12.4 Å². The van der Waals surface area contributed by atoms with Gasteiger partial charge in [-0.05, 0) is 55.2 Å². The van der Waals surface area contributed by atoms with Crippen LogP contribution in [-0.4, -0.2) is 22.0 Å². The van der Waals surface area contributed by atoms with Crippen molar-refractivity contribution in [1.82, 2.24) is 10.3 Å². The standard InChI is InChI=1S/C16H20N2O3/c19-15(18-9-10-5-7-17-8-6-10)13-11-1-3-12(4-2-11)14(13)16(20)21/h5-8,11-14H,1-4,9H2,(H,18,19)(H,20,21). The van der Waals surface area contributed by atoms with Gasteiger partial charge in [-0.3, -0.25) is 14.6 Å². The van der Waals surface area contributed by atoms with E-state index in [-0.39, 0.29) is 23.7 Å². The van der Waals surface area contributed by atoms with Crippen molar-refractivity contribution < 1.29 is 14.7 Å². The van der Waals surface area contributed by atoms with E-state index in [2.05, 4.69) is 10.3 Å². The summed E-state index contributed by atoms with van der Waals surface area (Å²) in [7, 11) is 0. The summed E-state index contributed by atoms with van der Waals surface area (Å²) in [6.45, 7) is 0.432. The monoisotopic (exact) mass is 288 g/mol. The molecule has 0 aromatic carbocycles. The number of rotatable bonds is 4. The van der Waals surface area contributed by atoms with Gasteiger partial charge in [0.15, 0.2) is 0 Å². The summed E-state index contributed by atoms with van der Waals surface area (Å²) in [5.74, 6) is -1.38. The average Bonchev–Trinajstić information content (AvgIpc) is 2.53. The molecule has 1 amide bonds. The van der Waals surface area contributed by atoms with Crippen molar-refractivity contribution in [3.05, 3.63) is 30.1 Å². The number of fused-ring (bicyclic) bond motifs is 3. The SMILES string of the molecule is O=C(O)C1C2CCC(CC2)C1C(=O)NCc1ccncc1. The van der Waals surface area contributed by atoms with Crippen LogP contribution < -0.4 is 5.32 Å². The first-order chi connectivity index (χ1) is 10.2. The van der Waals surface area contributed by atoms with Gasteiger partial charge in [0.05, 0.1) is 11.8 Å². The van der Waals surface area contributed by atoms with Crippen molar-refractivity contribution in [1.29, 1.82) is 0 Å². The van der Waals surface area contributed by atoms with Crippen molar-refractivity contribution in [2.45, 2.75) is 32.2 Å². The second kappa shape index (κ2) is 5.84. The Hall–Kier alpha value is -1.91. The summed E-state index contributed by atoms with van der Waals surface area (Å²) < 4.78 is 0. The van der Waals surface area contributed by atoms with E-state index < -0.39 is 11.9 Å². The van der Waals surface area contributed by atoms with Gasteiger partial charge in [-0.2, -0.15) is 0 Å². The van der Waals surface area contributed by atoms with Gasteiger partial charge in [-0.1, -0.05) is 0 Å². The number of nitrogens with one attached hydrogen (secondary N) is 1. The fourth-order valence-corrected chi connectivity index (χ4v) is 3.99. The molecule has 4 rings (SSSR count). The molecule has 5 heteroatoms. The largest absolute Gasteiger partial charge is 0.481 e. The first kappa shape index (κ1) is 14.0. The number of carboxylic acids is 1. The van der Waals surface area contributed by atoms with Gasteiger partial charge in [0.1, 0.15) is 0 Å². The molecule has 3 aliphatic rings. The molecule has 0 saturated heterocycles. The van der Waals surface area contributed by atoms with Crippen LogP contribution in [0, 0.1) is 23.7 Å². The Kier molecular flexibility index (Phi) is 3.90. The molecule has 21 heavy (non-hydrogen) atoms. The smallest absolute Gasteiger partial charge is 0.307 e. The van der Waals surface area contributed by atoms with Gasteiger partial charge in [0.25, 0.3) is 0 Å². The van der Waals surface area contributed by atoms with Gasteiger partial charge in [0, 0.05) is 18.9 Å². The number of amides is 1. The molecule has 0 spiro atoms. The minimum Gasteiger partial charge on any atom is -0.481 e. The molecular weight excluding hydrogens is 268 g/mol. The molecule has 0 radical (unpaired) electrons. The number of hydrogen-bond acceptors (Lipinski definition) is 3. The van der Waals surface area contributed by atoms with E-state index >= 15 is 0 Å². The number of carboxylic acid groups (broad SMARTS) is 1. The van der Waals surface area contributed by atoms with Crippen LogP contribution in [0.4, 0.5) is 0 Å². The lowest BCUT2D eigenvalue weighted by molar-refractivity contribution is -0.158. The van der Waals surface area contributed by atoms with E-state index in [0.29, 0.717) is 6.54 Å². The summed E-state index contributed by atoms with van der Waals surface area (Å²) >= 11 is 0. The van der Waals surface area contributed by atoms with Crippen LogP contribution in [0.25, 0.3) is 0 Å². The van der Waals surface area contributed by atoms with E-state index in [1.165, 1.54) is 0 Å². The third-order valence-corrected chi connectivity index (χ3v) is 5.02. The van der Waals surface area contributed by atoms with Crippen molar-refractivity contribution in [3.63, 3.8) is 0 Å². The highest BCUT2D eigenvalue weighted by Gasteiger charge is 2.50. The first-order valence-corrected chi connectivity index (χ1v) is 7.56. The molecular formula is C16H20N2O3. The first-order valence-electron chi connectivity index (χ1n) is 7.56. The molecule has 0 aliphatic heterocycles. The zero-order valence-corrected chi connectivity index (χ0v) is 11.9. The zero-order valence-electron chi connectivity index (χ0n) is 11.9. The van der Waals surface area contributed by atoms with E-state index in [0.717, 1.165) is 31.2 Å². The molecule has 3 saturated carbocycles. The Morgan fingerprint density at radius 1 is 1.10 bits per heavy atom. The Labute approximate surface area is 123 Å². The van der Waals surface area contributed by atoms with E-state index in [1.807, 2.05) is 12.1 Å². The van der Waals surface area contributed by atoms with Crippen LogP contribution in [0.15, 0.2) is 24.5 Å². The van der Waals surface area contributed by atoms with Crippen molar-refractivity contribution in [2.75, 3.05) is 0 Å². The van der Waals surface area contributed by atoms with Gasteiger partial charge in [-0.15, -0.1) is 0 Å². The number of nitrogens with zero attached hydrogens (tertiary/aromatic N) is 1. The summed E-state index contributed by atoms with van der Waals surface area (Å²) in [6, 6.07) is 3.70. The third kappa shape index (κ3) is 2.77. The average molecular weight is 288 g/mol. The molecule has 1 heterocycles. The maximum absolute atomic E-state index is 12.5. The summed E-state index contributed by atoms with van der Waals surface area (Å²) in [5.41, 5.74) is 0.978. The molecule has 112 valence electrons. The number of aliphatic carboxylic acids is 1. The Bertz CT molecular complexity index is 524. The number of carbonyl (C=O) groups is 2. The fraction of sp³-hybridized carbons (Fsp3) is 0.562. The minimum absolute atomic E-state index is 0.103. The molecule has 2 atom stereocenters. The molecule has 3 aliphatic carbocycles. The van der Waals surface area contributed by atoms with Gasteiger partial charge >= 0.3 is 5.97 Å².